The molecule has 88 valence electrons. The topological polar surface area (TPSA) is 35.2 Å². The van der Waals surface area contributed by atoms with E-state index in [2.05, 4.69) is 4.74 Å². The van der Waals surface area contributed by atoms with Crippen molar-refractivity contribution in [3.63, 3.8) is 0 Å². The van der Waals surface area contributed by atoms with Crippen molar-refractivity contribution in [2.45, 2.75) is 38.3 Å². The van der Waals surface area contributed by atoms with Crippen molar-refractivity contribution in [2.75, 3.05) is 0 Å². The summed E-state index contributed by atoms with van der Waals surface area (Å²) in [6, 6.07) is 5.37. The van der Waals surface area contributed by atoms with Gasteiger partial charge in [0, 0.05) is 5.54 Å². The molecule has 0 amide bonds. The Morgan fingerprint density at radius 3 is 2.69 bits per heavy atom. The third-order valence-corrected chi connectivity index (χ3v) is 2.92. The van der Waals surface area contributed by atoms with Gasteiger partial charge < -0.3 is 10.5 Å². The molecule has 0 radical (unpaired) electrons. The lowest BCUT2D eigenvalue weighted by molar-refractivity contribution is -0.0503. The molecule has 0 bridgehead atoms. The van der Waals surface area contributed by atoms with Crippen molar-refractivity contribution < 1.29 is 13.5 Å². The van der Waals surface area contributed by atoms with Gasteiger partial charge >= 0.3 is 6.61 Å². The third kappa shape index (κ3) is 2.70. The van der Waals surface area contributed by atoms with E-state index >= 15 is 0 Å². The molecule has 2 rings (SSSR count). The second-order valence-electron chi connectivity index (χ2n) is 4.52. The molecular weight excluding hydrogens is 212 g/mol. The molecular formula is C12H15F2NO. The summed E-state index contributed by atoms with van der Waals surface area (Å²) in [5.74, 6) is 0.247. The zero-order valence-electron chi connectivity index (χ0n) is 9.17. The van der Waals surface area contributed by atoms with Gasteiger partial charge in [0.15, 0.2) is 0 Å². The fourth-order valence-electron chi connectivity index (χ4n) is 1.72. The highest BCUT2D eigenvalue weighted by Crippen LogP contribution is 2.36. The average molecular weight is 227 g/mol. The molecule has 1 aromatic rings. The van der Waals surface area contributed by atoms with Crippen LogP contribution in [0.2, 0.25) is 0 Å². The normalized spacial score (nSPS) is 17.6. The van der Waals surface area contributed by atoms with Crippen molar-refractivity contribution in [2.24, 2.45) is 5.73 Å². The van der Waals surface area contributed by atoms with Gasteiger partial charge in [0.2, 0.25) is 0 Å². The number of nitrogens with two attached hydrogens (primary N) is 1. The first kappa shape index (κ1) is 11.3. The average Bonchev–Trinajstić information content (AvgIpc) is 2.89. The van der Waals surface area contributed by atoms with E-state index in [-0.39, 0.29) is 11.3 Å². The Bertz CT molecular complexity index is 389. The van der Waals surface area contributed by atoms with Gasteiger partial charge in [-0.2, -0.15) is 8.78 Å². The summed E-state index contributed by atoms with van der Waals surface area (Å²) in [6.45, 7) is -1.03. The summed E-state index contributed by atoms with van der Waals surface area (Å²) >= 11 is 0. The largest absolute Gasteiger partial charge is 0.435 e. The highest BCUT2D eigenvalue weighted by atomic mass is 19.3. The molecule has 0 unspecified atom stereocenters. The van der Waals surface area contributed by atoms with Crippen LogP contribution >= 0.6 is 0 Å². The maximum absolute atomic E-state index is 12.1. The van der Waals surface area contributed by atoms with Gasteiger partial charge in [-0.3, -0.25) is 0 Å². The van der Waals surface area contributed by atoms with Crippen molar-refractivity contribution in [1.29, 1.82) is 0 Å². The number of halogens is 2. The minimum Gasteiger partial charge on any atom is -0.435 e. The molecule has 0 heterocycles. The van der Waals surface area contributed by atoms with E-state index < -0.39 is 6.61 Å². The first-order chi connectivity index (χ1) is 7.48. The lowest BCUT2D eigenvalue weighted by Crippen LogP contribution is -2.24. The molecule has 1 aromatic carbocycles. The summed E-state index contributed by atoms with van der Waals surface area (Å²) in [5, 5.41) is 0. The molecule has 1 aliphatic carbocycles. The first-order valence-electron chi connectivity index (χ1n) is 5.32. The Hall–Kier alpha value is -1.16. The molecule has 0 aromatic heterocycles. The van der Waals surface area contributed by atoms with Crippen LogP contribution in [0.1, 0.15) is 24.0 Å². The van der Waals surface area contributed by atoms with Crippen LogP contribution in [0.3, 0.4) is 0 Å². The van der Waals surface area contributed by atoms with Crippen molar-refractivity contribution in [1.82, 2.24) is 0 Å². The second-order valence-corrected chi connectivity index (χ2v) is 4.52. The van der Waals surface area contributed by atoms with E-state index in [9.17, 15) is 8.78 Å². The van der Waals surface area contributed by atoms with E-state index in [1.54, 1.807) is 19.1 Å². The third-order valence-electron chi connectivity index (χ3n) is 2.92. The summed E-state index contributed by atoms with van der Waals surface area (Å²) < 4.78 is 28.7. The molecule has 4 heteroatoms. The van der Waals surface area contributed by atoms with Crippen LogP contribution in [0.25, 0.3) is 0 Å². The van der Waals surface area contributed by atoms with Crippen LogP contribution in [0.4, 0.5) is 8.78 Å². The number of hydrogen-bond donors (Lipinski definition) is 1. The number of ether oxygens (including phenoxy) is 1. The molecule has 1 saturated carbocycles. The number of rotatable bonds is 4. The Labute approximate surface area is 93.4 Å². The summed E-state index contributed by atoms with van der Waals surface area (Å²) in [6.07, 6.45) is 2.74. The Morgan fingerprint density at radius 2 is 2.12 bits per heavy atom. The molecule has 0 saturated heterocycles. The van der Waals surface area contributed by atoms with Crippen LogP contribution in [0.15, 0.2) is 18.2 Å². The van der Waals surface area contributed by atoms with Crippen LogP contribution in [0.5, 0.6) is 5.75 Å². The van der Waals surface area contributed by atoms with Crippen molar-refractivity contribution in [3.8, 4) is 5.75 Å². The predicted octanol–water partition coefficient (Wildman–Crippen LogP) is 2.63. The van der Waals surface area contributed by atoms with Gasteiger partial charge in [-0.25, -0.2) is 0 Å². The van der Waals surface area contributed by atoms with Gasteiger partial charge in [-0.15, -0.1) is 0 Å². The maximum atomic E-state index is 12.1. The number of aryl methyl sites for hydroxylation is 1. The maximum Gasteiger partial charge on any atom is 0.387 e. The van der Waals surface area contributed by atoms with Crippen LogP contribution in [-0.4, -0.2) is 12.2 Å². The van der Waals surface area contributed by atoms with Gasteiger partial charge in [0.1, 0.15) is 5.75 Å². The van der Waals surface area contributed by atoms with Crippen LogP contribution < -0.4 is 10.5 Å². The quantitative estimate of drug-likeness (QED) is 0.858. The molecule has 0 aliphatic heterocycles. The van der Waals surface area contributed by atoms with Gasteiger partial charge in [0.25, 0.3) is 0 Å². The summed E-state index contributed by atoms with van der Waals surface area (Å²) in [5.41, 5.74) is 7.54. The fourth-order valence-corrected chi connectivity index (χ4v) is 1.72. The molecule has 1 fully saturated rings. The highest BCUT2D eigenvalue weighted by molar-refractivity contribution is 5.37. The minimum atomic E-state index is -2.78. The van der Waals surface area contributed by atoms with Gasteiger partial charge in [-0.1, -0.05) is 12.1 Å². The standard InChI is InChI=1S/C12H15F2NO/c1-8-2-3-9(7-12(15)4-5-12)6-10(8)16-11(13)14/h2-3,6,11H,4-5,7,15H2,1H3. The van der Waals surface area contributed by atoms with Crippen LogP contribution in [-0.2, 0) is 6.42 Å². The summed E-state index contributed by atoms with van der Waals surface area (Å²) in [4.78, 5) is 0. The van der Waals surface area contributed by atoms with Crippen molar-refractivity contribution >= 4 is 0 Å². The smallest absolute Gasteiger partial charge is 0.387 e. The lowest BCUT2D eigenvalue weighted by atomic mass is 10.0. The SMILES string of the molecule is Cc1ccc(CC2(N)CC2)cc1OC(F)F. The number of alkyl halides is 2. The Balaban J connectivity index is 2.14. The van der Waals surface area contributed by atoms with E-state index in [1.165, 1.54) is 0 Å². The molecule has 2 N–H and O–H groups in total. The van der Waals surface area contributed by atoms with Crippen molar-refractivity contribution in [3.05, 3.63) is 29.3 Å². The highest BCUT2D eigenvalue weighted by Gasteiger charge is 2.38. The van der Waals surface area contributed by atoms with Gasteiger partial charge in [0.05, 0.1) is 0 Å². The number of hydrogen-bond acceptors (Lipinski definition) is 2. The molecule has 1 aliphatic rings. The van der Waals surface area contributed by atoms with E-state index in [0.717, 1.165) is 24.8 Å². The first-order valence-corrected chi connectivity index (χ1v) is 5.32. The molecule has 0 spiro atoms. The molecule has 16 heavy (non-hydrogen) atoms. The second kappa shape index (κ2) is 4.01. The van der Waals surface area contributed by atoms with E-state index in [4.69, 9.17) is 5.73 Å². The predicted molar refractivity (Wildman–Crippen MR) is 57.7 cm³/mol. The Morgan fingerprint density at radius 1 is 1.44 bits per heavy atom. The van der Waals surface area contributed by atoms with Gasteiger partial charge in [-0.05, 0) is 43.4 Å². The number of benzene rings is 1. The fraction of sp³-hybridized carbons (Fsp3) is 0.500. The Kier molecular flexibility index (Phi) is 2.84. The van der Waals surface area contributed by atoms with E-state index in [0.29, 0.717) is 5.56 Å². The van der Waals surface area contributed by atoms with Crippen LogP contribution in [0, 0.1) is 6.92 Å². The van der Waals surface area contributed by atoms with E-state index in [1.807, 2.05) is 6.07 Å². The summed E-state index contributed by atoms with van der Waals surface area (Å²) in [7, 11) is 0. The monoisotopic (exact) mass is 227 g/mol. The molecule has 2 nitrogen and oxygen atoms in total. The zero-order chi connectivity index (χ0) is 11.8. The lowest BCUT2D eigenvalue weighted by Gasteiger charge is -2.12. The zero-order valence-corrected chi connectivity index (χ0v) is 9.17. The minimum absolute atomic E-state index is 0.114. The molecule has 0 atom stereocenters.